The van der Waals surface area contributed by atoms with Crippen LogP contribution in [0.15, 0.2) is 53.4 Å². The number of likely N-dealkylation sites (tertiary alicyclic amines) is 1. The zero-order chi connectivity index (χ0) is 18.8. The summed E-state index contributed by atoms with van der Waals surface area (Å²) in [6.45, 7) is 2.80. The van der Waals surface area contributed by atoms with E-state index in [0.717, 1.165) is 49.5 Å². The van der Waals surface area contributed by atoms with Crippen molar-refractivity contribution in [2.45, 2.75) is 30.5 Å². The number of nitrogens with one attached hydrogen (secondary N) is 1. The molecule has 148 valence electrons. The number of hydrogen-bond donors (Lipinski definition) is 1. The van der Waals surface area contributed by atoms with Crippen LogP contribution in [0.5, 0.6) is 0 Å². The average molecular weight is 421 g/mol. The van der Waals surface area contributed by atoms with Crippen molar-refractivity contribution >= 4 is 28.1 Å². The molecular weight excluding hydrogens is 401 g/mol. The minimum atomic E-state index is -4.50. The van der Waals surface area contributed by atoms with Crippen LogP contribution in [-0.4, -0.2) is 26.4 Å². The molecule has 0 aromatic heterocycles. The third kappa shape index (κ3) is 5.60. The fraction of sp³-hybridized carbons (Fsp3) is 0.333. The minimum Gasteiger partial charge on any atom is -0.299 e. The zero-order valence-electron chi connectivity index (χ0n) is 14.4. The van der Waals surface area contributed by atoms with Gasteiger partial charge in [0, 0.05) is 12.2 Å². The van der Waals surface area contributed by atoms with Crippen LogP contribution in [0.2, 0.25) is 0 Å². The molecular formula is C18H20ClF3N2O2S. The third-order valence-corrected chi connectivity index (χ3v) is 5.67. The Morgan fingerprint density at radius 3 is 2.22 bits per heavy atom. The second-order valence-corrected chi connectivity index (χ2v) is 7.99. The number of hydrogen-bond acceptors (Lipinski definition) is 3. The molecule has 0 saturated carbocycles. The van der Waals surface area contributed by atoms with Crippen LogP contribution >= 0.6 is 12.4 Å². The number of halogens is 4. The van der Waals surface area contributed by atoms with E-state index in [9.17, 15) is 21.6 Å². The number of benzene rings is 2. The van der Waals surface area contributed by atoms with E-state index in [1.54, 1.807) is 18.2 Å². The van der Waals surface area contributed by atoms with Crippen LogP contribution in [0, 0.1) is 0 Å². The normalized spacial score (nSPS) is 15.4. The van der Waals surface area contributed by atoms with Gasteiger partial charge in [-0.05, 0) is 67.9 Å². The molecule has 0 atom stereocenters. The van der Waals surface area contributed by atoms with Crippen LogP contribution in [0.3, 0.4) is 0 Å². The first-order valence-electron chi connectivity index (χ1n) is 8.25. The van der Waals surface area contributed by atoms with Crippen molar-refractivity contribution < 1.29 is 21.6 Å². The summed E-state index contributed by atoms with van der Waals surface area (Å²) in [5.41, 5.74) is 0.491. The summed E-state index contributed by atoms with van der Waals surface area (Å²) < 4.78 is 65.1. The molecule has 0 amide bonds. The number of alkyl halides is 3. The van der Waals surface area contributed by atoms with E-state index in [1.165, 1.54) is 12.8 Å². The van der Waals surface area contributed by atoms with Crippen molar-refractivity contribution in [3.8, 4) is 0 Å². The van der Waals surface area contributed by atoms with Gasteiger partial charge in [-0.1, -0.05) is 12.1 Å². The molecule has 9 heteroatoms. The van der Waals surface area contributed by atoms with E-state index in [1.807, 2.05) is 6.07 Å². The van der Waals surface area contributed by atoms with Gasteiger partial charge in [0.15, 0.2) is 0 Å². The SMILES string of the molecule is Cl.O=S(=O)(Nc1cccc(CN2CCCC2)c1)c1ccc(C(F)(F)F)cc1. The van der Waals surface area contributed by atoms with Crippen molar-refractivity contribution in [2.75, 3.05) is 17.8 Å². The van der Waals surface area contributed by atoms with E-state index < -0.39 is 21.8 Å². The first-order valence-corrected chi connectivity index (χ1v) is 9.74. The summed E-state index contributed by atoms with van der Waals surface area (Å²) in [7, 11) is -3.95. The molecule has 1 aliphatic rings. The van der Waals surface area contributed by atoms with Crippen LogP contribution in [0.25, 0.3) is 0 Å². The summed E-state index contributed by atoms with van der Waals surface area (Å²) in [5, 5.41) is 0. The predicted molar refractivity (Wildman–Crippen MR) is 100 cm³/mol. The lowest BCUT2D eigenvalue weighted by atomic mass is 10.2. The highest BCUT2D eigenvalue weighted by Gasteiger charge is 2.30. The Morgan fingerprint density at radius 1 is 1.00 bits per heavy atom. The lowest BCUT2D eigenvalue weighted by molar-refractivity contribution is -0.137. The highest BCUT2D eigenvalue weighted by atomic mass is 35.5. The summed E-state index contributed by atoms with van der Waals surface area (Å²) in [4.78, 5) is 2.08. The molecule has 27 heavy (non-hydrogen) atoms. The largest absolute Gasteiger partial charge is 0.416 e. The van der Waals surface area contributed by atoms with E-state index in [4.69, 9.17) is 0 Å². The van der Waals surface area contributed by atoms with Gasteiger partial charge in [-0.2, -0.15) is 13.2 Å². The Hall–Kier alpha value is -1.77. The second kappa shape index (κ2) is 8.50. The fourth-order valence-electron chi connectivity index (χ4n) is 2.97. The molecule has 0 spiro atoms. The van der Waals surface area contributed by atoms with E-state index in [-0.39, 0.29) is 17.3 Å². The van der Waals surface area contributed by atoms with Crippen LogP contribution in [0.4, 0.5) is 18.9 Å². The van der Waals surface area contributed by atoms with Crippen molar-refractivity contribution in [3.63, 3.8) is 0 Å². The Labute approximate surface area is 162 Å². The number of rotatable bonds is 5. The van der Waals surface area contributed by atoms with Crippen molar-refractivity contribution in [2.24, 2.45) is 0 Å². The number of nitrogens with zero attached hydrogens (tertiary/aromatic N) is 1. The van der Waals surface area contributed by atoms with E-state index >= 15 is 0 Å². The zero-order valence-corrected chi connectivity index (χ0v) is 16.0. The van der Waals surface area contributed by atoms with Gasteiger partial charge >= 0.3 is 6.18 Å². The van der Waals surface area contributed by atoms with Crippen molar-refractivity contribution in [1.29, 1.82) is 0 Å². The molecule has 2 aromatic carbocycles. The summed E-state index contributed by atoms with van der Waals surface area (Å²) in [6, 6.07) is 10.5. The van der Waals surface area contributed by atoms with Gasteiger partial charge in [0.25, 0.3) is 10.0 Å². The standard InChI is InChI=1S/C18H19F3N2O2S.ClH/c19-18(20,21)15-6-8-17(9-7-15)26(24,25)22-16-5-3-4-14(12-16)13-23-10-1-2-11-23;/h3-9,12,22H,1-2,10-11,13H2;1H. The summed E-state index contributed by atoms with van der Waals surface area (Å²) in [5.74, 6) is 0. The first kappa shape index (κ1) is 21.5. The fourth-order valence-corrected chi connectivity index (χ4v) is 4.02. The van der Waals surface area contributed by atoms with Crippen LogP contribution in [-0.2, 0) is 22.7 Å². The second-order valence-electron chi connectivity index (χ2n) is 6.31. The molecule has 1 heterocycles. The summed E-state index contributed by atoms with van der Waals surface area (Å²) in [6.07, 6.45) is -2.17. The molecule has 4 nitrogen and oxygen atoms in total. The molecule has 1 fully saturated rings. The topological polar surface area (TPSA) is 49.4 Å². The quantitative estimate of drug-likeness (QED) is 0.773. The van der Waals surface area contributed by atoms with Gasteiger partial charge in [0.05, 0.1) is 10.5 Å². The van der Waals surface area contributed by atoms with Crippen LogP contribution < -0.4 is 4.72 Å². The third-order valence-electron chi connectivity index (χ3n) is 4.28. The van der Waals surface area contributed by atoms with Crippen molar-refractivity contribution in [3.05, 3.63) is 59.7 Å². The van der Waals surface area contributed by atoms with Crippen molar-refractivity contribution in [1.82, 2.24) is 4.90 Å². The molecule has 1 aliphatic heterocycles. The van der Waals surface area contributed by atoms with Gasteiger partial charge in [0.2, 0.25) is 0 Å². The maximum Gasteiger partial charge on any atom is 0.416 e. The van der Waals surface area contributed by atoms with E-state index in [2.05, 4.69) is 9.62 Å². The highest BCUT2D eigenvalue weighted by Crippen LogP contribution is 2.30. The lowest BCUT2D eigenvalue weighted by Crippen LogP contribution is -2.18. The summed E-state index contributed by atoms with van der Waals surface area (Å²) >= 11 is 0. The van der Waals surface area contributed by atoms with E-state index in [0.29, 0.717) is 5.69 Å². The highest BCUT2D eigenvalue weighted by molar-refractivity contribution is 7.92. The van der Waals surface area contributed by atoms with Gasteiger partial charge in [-0.25, -0.2) is 8.42 Å². The molecule has 1 saturated heterocycles. The van der Waals surface area contributed by atoms with Gasteiger partial charge in [-0.3, -0.25) is 9.62 Å². The van der Waals surface area contributed by atoms with Gasteiger partial charge in [0.1, 0.15) is 0 Å². The molecule has 0 bridgehead atoms. The molecule has 0 aliphatic carbocycles. The Kier molecular flexibility index (Phi) is 6.77. The Morgan fingerprint density at radius 2 is 1.63 bits per heavy atom. The maximum atomic E-state index is 12.6. The maximum absolute atomic E-state index is 12.6. The molecule has 0 unspecified atom stereocenters. The molecule has 0 radical (unpaired) electrons. The molecule has 2 aromatic rings. The van der Waals surface area contributed by atoms with Gasteiger partial charge in [-0.15, -0.1) is 12.4 Å². The minimum absolute atomic E-state index is 0. The number of sulfonamides is 1. The Bertz CT molecular complexity index is 865. The Balaban J connectivity index is 0.00000261. The smallest absolute Gasteiger partial charge is 0.299 e. The molecule has 3 rings (SSSR count). The lowest BCUT2D eigenvalue weighted by Gasteiger charge is -2.15. The monoisotopic (exact) mass is 420 g/mol. The molecule has 1 N–H and O–H groups in total. The average Bonchev–Trinajstić information content (AvgIpc) is 3.07. The predicted octanol–water partition coefficient (Wildman–Crippen LogP) is 4.52. The first-order chi connectivity index (χ1) is 12.2. The number of anilines is 1. The van der Waals surface area contributed by atoms with Gasteiger partial charge < -0.3 is 0 Å². The van der Waals surface area contributed by atoms with Crippen LogP contribution in [0.1, 0.15) is 24.0 Å².